The normalized spacial score (nSPS) is 25.2. The Labute approximate surface area is 162 Å². The Kier molecular flexibility index (Phi) is 6.79. The molecule has 1 fully saturated rings. The van der Waals surface area contributed by atoms with Crippen LogP contribution in [-0.4, -0.2) is 52.8 Å². The number of benzene rings is 1. The van der Waals surface area contributed by atoms with Gasteiger partial charge in [-0.1, -0.05) is 0 Å². The maximum atomic E-state index is 14.3. The zero-order valence-electron chi connectivity index (χ0n) is 15.0. The molecule has 1 heterocycles. The topological polar surface area (TPSA) is 108 Å². The summed E-state index contributed by atoms with van der Waals surface area (Å²) < 4.78 is 63.1. The summed E-state index contributed by atoms with van der Waals surface area (Å²) in [5.74, 6) is -4.82. The Morgan fingerprint density at radius 2 is 2.04 bits per heavy atom. The number of aliphatic hydroxyl groups excluding tert-OH is 1. The van der Waals surface area contributed by atoms with Crippen LogP contribution < -0.4 is 10.5 Å². The van der Waals surface area contributed by atoms with Gasteiger partial charge in [0, 0.05) is 25.8 Å². The highest BCUT2D eigenvalue weighted by Gasteiger charge is 2.55. The number of hydrogen-bond acceptors (Lipinski definition) is 7. The SMILES string of the molecule is CO[C@](C)(Oc1cc(C[C@@H]2CSC[C@H](N)[C@H]2O)cc(F)c1[N+](=O)[O-])C(F)(F)F. The van der Waals surface area contributed by atoms with Crippen LogP contribution in [0.15, 0.2) is 12.1 Å². The maximum absolute atomic E-state index is 14.3. The average Bonchev–Trinajstić information content (AvgIpc) is 2.57. The van der Waals surface area contributed by atoms with Gasteiger partial charge in [0.15, 0.2) is 0 Å². The summed E-state index contributed by atoms with van der Waals surface area (Å²) in [7, 11) is 0.719. The summed E-state index contributed by atoms with van der Waals surface area (Å²) in [6.45, 7) is 0.530. The number of thioether (sulfide) groups is 1. The first-order valence-corrected chi connectivity index (χ1v) is 9.34. The van der Waals surface area contributed by atoms with Crippen molar-refractivity contribution in [3.63, 3.8) is 0 Å². The van der Waals surface area contributed by atoms with Gasteiger partial charge < -0.3 is 20.3 Å². The molecule has 158 valence electrons. The van der Waals surface area contributed by atoms with E-state index in [-0.39, 0.29) is 17.9 Å². The number of aliphatic hydroxyl groups is 1. The highest BCUT2D eigenvalue weighted by atomic mass is 32.2. The average molecular weight is 428 g/mol. The third-order valence-corrected chi connectivity index (χ3v) is 5.83. The molecule has 0 aliphatic carbocycles. The van der Waals surface area contributed by atoms with Crippen molar-refractivity contribution < 1.29 is 37.1 Å². The molecule has 0 spiro atoms. The van der Waals surface area contributed by atoms with Crippen molar-refractivity contribution in [2.45, 2.75) is 37.5 Å². The minimum Gasteiger partial charge on any atom is -0.446 e. The van der Waals surface area contributed by atoms with Crippen molar-refractivity contribution in [3.8, 4) is 5.75 Å². The summed E-state index contributed by atoms with van der Waals surface area (Å²) in [4.78, 5) is 10.0. The lowest BCUT2D eigenvalue weighted by Crippen LogP contribution is -2.49. The van der Waals surface area contributed by atoms with Crippen molar-refractivity contribution >= 4 is 17.4 Å². The summed E-state index contributed by atoms with van der Waals surface area (Å²) >= 11 is 1.48. The van der Waals surface area contributed by atoms with Gasteiger partial charge in [0.05, 0.1) is 11.0 Å². The molecule has 1 aliphatic heterocycles. The lowest BCUT2D eigenvalue weighted by molar-refractivity contribution is -0.392. The fourth-order valence-electron chi connectivity index (χ4n) is 2.81. The van der Waals surface area contributed by atoms with Crippen LogP contribution in [0.1, 0.15) is 12.5 Å². The molecule has 1 aromatic rings. The van der Waals surface area contributed by atoms with Crippen LogP contribution in [-0.2, 0) is 11.2 Å². The maximum Gasteiger partial charge on any atom is 0.455 e. The monoisotopic (exact) mass is 428 g/mol. The van der Waals surface area contributed by atoms with E-state index in [0.29, 0.717) is 18.4 Å². The fraction of sp³-hybridized carbons (Fsp3) is 0.625. The number of hydrogen-bond donors (Lipinski definition) is 2. The molecule has 0 saturated carbocycles. The summed E-state index contributed by atoms with van der Waals surface area (Å²) in [6.07, 6.45) is -5.86. The Hall–Kier alpha value is -1.63. The van der Waals surface area contributed by atoms with Crippen LogP contribution >= 0.6 is 11.8 Å². The highest BCUT2D eigenvalue weighted by Crippen LogP contribution is 2.40. The van der Waals surface area contributed by atoms with Crippen LogP contribution in [0.4, 0.5) is 23.2 Å². The van der Waals surface area contributed by atoms with Gasteiger partial charge in [-0.25, -0.2) is 0 Å². The van der Waals surface area contributed by atoms with Crippen molar-refractivity contribution in [2.24, 2.45) is 11.7 Å². The van der Waals surface area contributed by atoms with E-state index in [9.17, 15) is 32.8 Å². The molecular weight excluding hydrogens is 408 g/mol. The van der Waals surface area contributed by atoms with E-state index in [0.717, 1.165) is 19.2 Å². The number of alkyl halides is 3. The van der Waals surface area contributed by atoms with E-state index < -0.39 is 46.3 Å². The molecule has 0 bridgehead atoms. The Morgan fingerprint density at radius 1 is 1.39 bits per heavy atom. The molecule has 0 radical (unpaired) electrons. The van der Waals surface area contributed by atoms with E-state index in [4.69, 9.17) is 10.5 Å². The largest absolute Gasteiger partial charge is 0.455 e. The molecule has 12 heteroatoms. The zero-order valence-corrected chi connectivity index (χ0v) is 15.8. The Bertz CT molecular complexity index is 736. The van der Waals surface area contributed by atoms with Gasteiger partial charge in [-0.15, -0.1) is 0 Å². The number of methoxy groups -OCH3 is 1. The van der Waals surface area contributed by atoms with Gasteiger partial charge in [-0.05, 0) is 35.8 Å². The van der Waals surface area contributed by atoms with E-state index in [1.165, 1.54) is 11.8 Å². The number of nitrogens with zero attached hydrogens (tertiary/aromatic N) is 1. The van der Waals surface area contributed by atoms with Crippen LogP contribution in [0.5, 0.6) is 5.75 Å². The Balaban J connectivity index is 2.42. The lowest BCUT2D eigenvalue weighted by atomic mass is 9.91. The van der Waals surface area contributed by atoms with E-state index >= 15 is 0 Å². The van der Waals surface area contributed by atoms with Gasteiger partial charge in [0.2, 0.25) is 11.6 Å². The van der Waals surface area contributed by atoms with Crippen LogP contribution in [0, 0.1) is 21.8 Å². The first kappa shape index (κ1) is 22.7. The predicted molar refractivity (Wildman–Crippen MR) is 93.7 cm³/mol. The molecule has 3 N–H and O–H groups in total. The predicted octanol–water partition coefficient (Wildman–Crippen LogP) is 2.63. The van der Waals surface area contributed by atoms with Crippen LogP contribution in [0.25, 0.3) is 0 Å². The third kappa shape index (κ3) is 4.67. The molecule has 0 unspecified atom stereocenters. The second-order valence-electron chi connectivity index (χ2n) is 6.59. The van der Waals surface area contributed by atoms with Gasteiger partial charge in [-0.2, -0.15) is 29.3 Å². The van der Waals surface area contributed by atoms with Crippen molar-refractivity contribution in [2.75, 3.05) is 18.6 Å². The molecule has 7 nitrogen and oxygen atoms in total. The third-order valence-electron chi connectivity index (χ3n) is 4.54. The molecule has 1 aliphatic rings. The number of halogens is 4. The quantitative estimate of drug-likeness (QED) is 0.310. The van der Waals surface area contributed by atoms with Gasteiger partial charge in [0.25, 0.3) is 0 Å². The number of nitro benzene ring substituents is 1. The second-order valence-corrected chi connectivity index (χ2v) is 7.66. The Morgan fingerprint density at radius 3 is 2.57 bits per heavy atom. The van der Waals surface area contributed by atoms with Crippen molar-refractivity contribution in [1.82, 2.24) is 0 Å². The molecule has 1 aromatic carbocycles. The molecule has 0 amide bonds. The molecule has 0 aromatic heterocycles. The second kappa shape index (κ2) is 8.39. The minimum absolute atomic E-state index is 0.0584. The fourth-order valence-corrected chi connectivity index (χ4v) is 4.03. The standard InChI is InChI=1S/C16H20F4N2O5S/c1-15(26-2,16(18,19)20)27-12-5-8(4-10(17)13(12)22(24)25)3-9-6-28-7-11(21)14(9)23/h4-5,9,11,14,23H,3,6-7,21H2,1-2H3/t9-,11+,14+,15-/m1/s1. The number of nitrogens with two attached hydrogens (primary N) is 1. The smallest absolute Gasteiger partial charge is 0.446 e. The first-order chi connectivity index (χ1) is 12.9. The van der Waals surface area contributed by atoms with Gasteiger partial charge >= 0.3 is 17.7 Å². The van der Waals surface area contributed by atoms with Gasteiger partial charge in [-0.3, -0.25) is 10.1 Å². The summed E-state index contributed by atoms with van der Waals surface area (Å²) in [5.41, 5.74) is 4.70. The minimum atomic E-state index is -5.04. The zero-order chi connectivity index (χ0) is 21.3. The van der Waals surface area contributed by atoms with Gasteiger partial charge in [0.1, 0.15) is 0 Å². The van der Waals surface area contributed by atoms with Crippen LogP contribution in [0.2, 0.25) is 0 Å². The molecule has 28 heavy (non-hydrogen) atoms. The summed E-state index contributed by atoms with van der Waals surface area (Å²) in [5, 5.41) is 21.3. The number of ether oxygens (including phenoxy) is 2. The number of nitro groups is 1. The molecular formula is C16H20F4N2O5S. The van der Waals surface area contributed by atoms with E-state index in [2.05, 4.69) is 4.74 Å². The van der Waals surface area contributed by atoms with E-state index in [1.807, 2.05) is 0 Å². The lowest BCUT2D eigenvalue weighted by Gasteiger charge is -2.33. The highest BCUT2D eigenvalue weighted by molar-refractivity contribution is 7.99. The molecule has 2 rings (SSSR count). The first-order valence-electron chi connectivity index (χ1n) is 8.18. The van der Waals surface area contributed by atoms with Crippen molar-refractivity contribution in [3.05, 3.63) is 33.6 Å². The molecule has 4 atom stereocenters. The number of rotatable bonds is 6. The van der Waals surface area contributed by atoms with Crippen molar-refractivity contribution in [1.29, 1.82) is 0 Å². The molecule has 1 saturated heterocycles. The van der Waals surface area contributed by atoms with Crippen LogP contribution in [0.3, 0.4) is 0 Å². The van der Waals surface area contributed by atoms with E-state index in [1.54, 1.807) is 0 Å². The summed E-state index contributed by atoms with van der Waals surface area (Å²) in [6, 6.07) is 1.31.